The van der Waals surface area contributed by atoms with Gasteiger partial charge >= 0.3 is 0 Å². The first-order valence-corrected chi connectivity index (χ1v) is 9.79. The van der Waals surface area contributed by atoms with Crippen LogP contribution in [0.15, 0.2) is 58.6 Å². The highest BCUT2D eigenvalue weighted by Crippen LogP contribution is 2.35. The van der Waals surface area contributed by atoms with Crippen molar-refractivity contribution >= 4 is 32.5 Å². The summed E-state index contributed by atoms with van der Waals surface area (Å²) in [5.74, 6) is -3.88. The average molecular weight is 438 g/mol. The quantitative estimate of drug-likeness (QED) is 0.512. The lowest BCUT2D eigenvalue weighted by Crippen LogP contribution is -2.18. The first kappa shape index (κ1) is 19.1. The van der Waals surface area contributed by atoms with Crippen molar-refractivity contribution in [1.29, 1.82) is 0 Å². The zero-order chi connectivity index (χ0) is 20.9. The van der Waals surface area contributed by atoms with E-state index in [2.05, 4.69) is 9.97 Å². The maximum Gasteiger partial charge on any atom is 0.272 e. The van der Waals surface area contributed by atoms with E-state index in [0.717, 1.165) is 12.5 Å². The summed E-state index contributed by atoms with van der Waals surface area (Å²) in [6.07, 6.45) is 2.27. The lowest BCUT2D eigenvalue weighted by Gasteiger charge is -2.13. The van der Waals surface area contributed by atoms with Crippen molar-refractivity contribution in [2.75, 3.05) is 0 Å². The summed E-state index contributed by atoms with van der Waals surface area (Å²) in [5.41, 5.74) is -0.794. The number of hydrogen-bond acceptors (Lipinski definition) is 5. The SMILES string of the molecule is O=c1[nH]cncc1-c1cc2cc(Cl)ccc2n1S(=O)(=O)c1cc(F)cc(F)c1O. The molecule has 2 heterocycles. The van der Waals surface area contributed by atoms with Crippen LogP contribution in [0.25, 0.3) is 22.2 Å². The van der Waals surface area contributed by atoms with E-state index in [-0.39, 0.29) is 16.8 Å². The fourth-order valence-corrected chi connectivity index (χ4v) is 4.79. The Morgan fingerprint density at radius 2 is 1.90 bits per heavy atom. The maximum atomic E-state index is 13.8. The minimum atomic E-state index is -4.74. The number of H-pyrrole nitrogens is 1. The van der Waals surface area contributed by atoms with Crippen LogP contribution >= 0.6 is 11.6 Å². The molecule has 0 atom stereocenters. The smallest absolute Gasteiger partial charge is 0.272 e. The van der Waals surface area contributed by atoms with Crippen molar-refractivity contribution in [2.24, 2.45) is 0 Å². The van der Waals surface area contributed by atoms with Gasteiger partial charge in [0.1, 0.15) is 10.7 Å². The Morgan fingerprint density at radius 1 is 1.14 bits per heavy atom. The van der Waals surface area contributed by atoms with Crippen molar-refractivity contribution in [3.05, 3.63) is 75.9 Å². The summed E-state index contributed by atoms with van der Waals surface area (Å²) in [7, 11) is -4.74. The van der Waals surface area contributed by atoms with E-state index in [1.807, 2.05) is 0 Å². The summed E-state index contributed by atoms with van der Waals surface area (Å²) < 4.78 is 54.9. The molecular formula is C18H10ClF2N3O4S. The van der Waals surface area contributed by atoms with Gasteiger partial charge in [-0.3, -0.25) is 4.79 Å². The molecule has 0 fully saturated rings. The molecule has 2 N–H and O–H groups in total. The first-order valence-electron chi connectivity index (χ1n) is 7.98. The number of phenolic OH excluding ortho intramolecular Hbond substituents is 1. The second-order valence-electron chi connectivity index (χ2n) is 6.03. The Bertz CT molecular complexity index is 1450. The monoisotopic (exact) mass is 437 g/mol. The number of aromatic amines is 1. The van der Waals surface area contributed by atoms with E-state index in [9.17, 15) is 27.1 Å². The van der Waals surface area contributed by atoms with Gasteiger partial charge in [-0.05, 0) is 30.3 Å². The van der Waals surface area contributed by atoms with Crippen molar-refractivity contribution < 1.29 is 22.3 Å². The van der Waals surface area contributed by atoms with E-state index in [1.54, 1.807) is 0 Å². The van der Waals surface area contributed by atoms with Gasteiger partial charge in [0.25, 0.3) is 15.6 Å². The Morgan fingerprint density at radius 3 is 2.62 bits per heavy atom. The molecule has 7 nitrogen and oxygen atoms in total. The van der Waals surface area contributed by atoms with Crippen LogP contribution in [0.1, 0.15) is 0 Å². The lowest BCUT2D eigenvalue weighted by molar-refractivity contribution is 0.411. The second-order valence-corrected chi connectivity index (χ2v) is 8.22. The third kappa shape index (κ3) is 3.06. The molecule has 0 aliphatic carbocycles. The Kier molecular flexibility index (Phi) is 4.39. The van der Waals surface area contributed by atoms with Crippen LogP contribution < -0.4 is 5.56 Å². The second kappa shape index (κ2) is 6.68. The molecule has 11 heteroatoms. The Hall–Kier alpha value is -3.24. The largest absolute Gasteiger partial charge is 0.504 e. The van der Waals surface area contributed by atoms with Crippen LogP contribution in [0.4, 0.5) is 8.78 Å². The van der Waals surface area contributed by atoms with Gasteiger partial charge in [-0.1, -0.05) is 11.6 Å². The zero-order valence-electron chi connectivity index (χ0n) is 14.2. The van der Waals surface area contributed by atoms with Gasteiger partial charge in [-0.15, -0.1) is 0 Å². The highest BCUT2D eigenvalue weighted by molar-refractivity contribution is 7.90. The number of phenols is 1. The lowest BCUT2D eigenvalue weighted by atomic mass is 10.2. The van der Waals surface area contributed by atoms with Gasteiger partial charge in [0, 0.05) is 22.7 Å². The Labute approximate surface area is 166 Å². The molecule has 4 aromatic rings. The summed E-state index contributed by atoms with van der Waals surface area (Å²) in [6.45, 7) is 0. The molecule has 2 aromatic carbocycles. The standard InChI is InChI=1S/C18H10ClF2N3O4S/c19-10-1-2-14-9(3-10)4-15(12-7-22-8-23-18(12)26)24(14)29(27,28)16-6-11(20)5-13(21)17(16)25/h1-8,25H,(H,22,23,26). The molecule has 0 aliphatic rings. The van der Waals surface area contributed by atoms with Crippen LogP contribution in [-0.4, -0.2) is 27.5 Å². The molecule has 0 radical (unpaired) electrons. The fraction of sp³-hybridized carbons (Fsp3) is 0. The summed E-state index contributed by atoms with van der Waals surface area (Å²) >= 11 is 5.98. The van der Waals surface area contributed by atoms with E-state index < -0.39 is 37.9 Å². The van der Waals surface area contributed by atoms with Crippen molar-refractivity contribution in [2.45, 2.75) is 4.90 Å². The van der Waals surface area contributed by atoms with Crippen LogP contribution in [0.3, 0.4) is 0 Å². The van der Waals surface area contributed by atoms with E-state index >= 15 is 0 Å². The normalized spacial score (nSPS) is 11.8. The molecule has 0 unspecified atom stereocenters. The van der Waals surface area contributed by atoms with Gasteiger partial charge < -0.3 is 10.1 Å². The summed E-state index contributed by atoms with van der Waals surface area (Å²) in [4.78, 5) is 17.4. The van der Waals surface area contributed by atoms with Gasteiger partial charge in [-0.25, -0.2) is 26.2 Å². The van der Waals surface area contributed by atoms with Crippen molar-refractivity contribution in [3.63, 3.8) is 0 Å². The molecule has 0 saturated heterocycles. The molecule has 2 aromatic heterocycles. The highest BCUT2D eigenvalue weighted by atomic mass is 35.5. The molecule has 0 spiro atoms. The molecule has 0 aliphatic heterocycles. The van der Waals surface area contributed by atoms with Gasteiger partial charge in [0.15, 0.2) is 11.6 Å². The minimum Gasteiger partial charge on any atom is -0.504 e. The van der Waals surface area contributed by atoms with Crippen LogP contribution in [0, 0.1) is 11.6 Å². The van der Waals surface area contributed by atoms with Crippen molar-refractivity contribution in [1.82, 2.24) is 13.9 Å². The molecule has 4 rings (SSSR count). The Balaban J connectivity index is 2.14. The number of hydrogen-bond donors (Lipinski definition) is 2. The number of halogens is 3. The molecule has 0 amide bonds. The third-order valence-electron chi connectivity index (χ3n) is 4.23. The van der Waals surface area contributed by atoms with Crippen LogP contribution in [-0.2, 0) is 10.0 Å². The number of aromatic hydroxyl groups is 1. The fourth-order valence-electron chi connectivity index (χ4n) is 2.97. The predicted molar refractivity (Wildman–Crippen MR) is 101 cm³/mol. The third-order valence-corrected chi connectivity index (χ3v) is 6.20. The van der Waals surface area contributed by atoms with Crippen molar-refractivity contribution in [3.8, 4) is 17.0 Å². The number of benzene rings is 2. The topological polar surface area (TPSA) is 105 Å². The predicted octanol–water partition coefficient (Wildman–Crippen LogP) is 3.27. The molecule has 148 valence electrons. The van der Waals surface area contributed by atoms with Gasteiger partial charge in [0.05, 0.1) is 23.1 Å². The van der Waals surface area contributed by atoms with Gasteiger partial charge in [0.2, 0.25) is 0 Å². The number of fused-ring (bicyclic) bond motifs is 1. The average Bonchev–Trinajstić information content (AvgIpc) is 3.03. The zero-order valence-corrected chi connectivity index (χ0v) is 15.8. The molecular weight excluding hydrogens is 428 g/mol. The van der Waals surface area contributed by atoms with E-state index in [1.165, 1.54) is 24.3 Å². The summed E-state index contributed by atoms with van der Waals surface area (Å²) in [5, 5.41) is 10.6. The number of nitrogens with zero attached hydrogens (tertiary/aromatic N) is 2. The first-order chi connectivity index (χ1) is 13.7. The highest BCUT2D eigenvalue weighted by Gasteiger charge is 2.29. The number of rotatable bonds is 3. The molecule has 0 bridgehead atoms. The maximum absolute atomic E-state index is 13.8. The summed E-state index contributed by atoms with van der Waals surface area (Å²) in [6, 6.07) is 6.47. The molecule has 29 heavy (non-hydrogen) atoms. The van der Waals surface area contributed by atoms with E-state index in [0.29, 0.717) is 26.5 Å². The van der Waals surface area contributed by atoms with Crippen LogP contribution in [0.2, 0.25) is 5.02 Å². The van der Waals surface area contributed by atoms with E-state index in [4.69, 9.17) is 11.6 Å². The minimum absolute atomic E-state index is 0.0803. The van der Waals surface area contributed by atoms with Crippen LogP contribution in [0.5, 0.6) is 5.75 Å². The number of nitrogens with one attached hydrogen (secondary N) is 1. The van der Waals surface area contributed by atoms with Gasteiger partial charge in [-0.2, -0.15) is 0 Å². The number of aromatic nitrogens is 3. The molecule has 0 saturated carbocycles.